The summed E-state index contributed by atoms with van der Waals surface area (Å²) in [7, 11) is -3.33. The number of nitrogens with one attached hydrogen (secondary N) is 1. The van der Waals surface area contributed by atoms with Gasteiger partial charge in [0.05, 0.1) is 0 Å². The Morgan fingerprint density at radius 1 is 1.25 bits per heavy atom. The highest BCUT2D eigenvalue weighted by molar-refractivity contribution is 7.91. The maximum atomic E-state index is 12.3. The predicted molar refractivity (Wildman–Crippen MR) is 96.8 cm³/mol. The summed E-state index contributed by atoms with van der Waals surface area (Å²) in [6, 6.07) is 3.83. The first-order valence-corrected chi connectivity index (χ1v) is 11.5. The molecule has 0 saturated carbocycles. The fourth-order valence-electron chi connectivity index (χ4n) is 4.66. The molecule has 4 saturated heterocycles. The molecule has 4 aliphatic heterocycles. The molecule has 0 spiro atoms. The van der Waals surface area contributed by atoms with Crippen LogP contribution in [0.4, 0.5) is 0 Å². The highest BCUT2D eigenvalue weighted by Crippen LogP contribution is 2.37. The first-order chi connectivity index (χ1) is 11.6. The minimum absolute atomic E-state index is 0.369. The number of rotatable bonds is 6. The summed E-state index contributed by atoms with van der Waals surface area (Å²) in [4.78, 5) is 5.15. The van der Waals surface area contributed by atoms with Crippen LogP contribution in [0.3, 0.4) is 0 Å². The van der Waals surface area contributed by atoms with Crippen LogP contribution in [0, 0.1) is 11.8 Å². The van der Waals surface area contributed by atoms with Gasteiger partial charge in [-0.25, -0.2) is 13.1 Å². The number of fused-ring (bicyclic) bond motifs is 3. The average Bonchev–Trinajstić information content (AvgIpc) is 3.28. The summed E-state index contributed by atoms with van der Waals surface area (Å²) in [5.41, 5.74) is 0. The quantitative estimate of drug-likeness (QED) is 0.831. The standard InChI is InChI=1S/C17H27N3O2S2/c21-24(22,17-4-3-9-23-17)18-11-16-10-14-5-8-20(16)13-15(14)12-19-6-1-2-7-19/h3-4,9,14-16,18H,1-2,5-8,10-13H2/t14-,15+,16+/m1/s1. The number of hydrogen-bond acceptors (Lipinski definition) is 5. The fraction of sp³-hybridized carbons (Fsp3) is 0.765. The maximum Gasteiger partial charge on any atom is 0.250 e. The van der Waals surface area contributed by atoms with Gasteiger partial charge >= 0.3 is 0 Å². The molecule has 2 bridgehead atoms. The molecular weight excluding hydrogens is 342 g/mol. The van der Waals surface area contributed by atoms with Crippen molar-refractivity contribution in [2.75, 3.05) is 39.3 Å². The van der Waals surface area contributed by atoms with Crippen LogP contribution in [0.25, 0.3) is 0 Å². The van der Waals surface area contributed by atoms with Crippen molar-refractivity contribution < 1.29 is 8.42 Å². The van der Waals surface area contributed by atoms with E-state index >= 15 is 0 Å². The van der Waals surface area contributed by atoms with E-state index in [9.17, 15) is 8.42 Å². The molecule has 5 nitrogen and oxygen atoms in total. The zero-order valence-corrected chi connectivity index (χ0v) is 15.7. The van der Waals surface area contributed by atoms with Crippen LogP contribution in [0.2, 0.25) is 0 Å². The van der Waals surface area contributed by atoms with Gasteiger partial charge in [-0.15, -0.1) is 11.3 Å². The highest BCUT2D eigenvalue weighted by Gasteiger charge is 2.40. The van der Waals surface area contributed by atoms with Crippen molar-refractivity contribution in [3.63, 3.8) is 0 Å². The Labute approximate surface area is 149 Å². The lowest BCUT2D eigenvalue weighted by atomic mass is 9.75. The van der Waals surface area contributed by atoms with Crippen molar-refractivity contribution in [1.29, 1.82) is 0 Å². The predicted octanol–water partition coefficient (Wildman–Crippen LogP) is 1.83. The first kappa shape index (κ1) is 17.0. The number of likely N-dealkylation sites (tertiary alicyclic amines) is 1. The summed E-state index contributed by atoms with van der Waals surface area (Å²) < 4.78 is 27.9. The molecule has 4 fully saturated rings. The summed E-state index contributed by atoms with van der Waals surface area (Å²) >= 11 is 1.28. The van der Waals surface area contributed by atoms with Gasteiger partial charge in [-0.2, -0.15) is 0 Å². The summed E-state index contributed by atoms with van der Waals surface area (Å²) in [5.74, 6) is 1.55. The van der Waals surface area contributed by atoms with Gasteiger partial charge in [0.2, 0.25) is 10.0 Å². The van der Waals surface area contributed by atoms with E-state index in [0.29, 0.717) is 16.8 Å². The van der Waals surface area contributed by atoms with Crippen molar-refractivity contribution in [1.82, 2.24) is 14.5 Å². The zero-order valence-electron chi connectivity index (χ0n) is 14.1. The molecule has 24 heavy (non-hydrogen) atoms. The molecule has 5 heterocycles. The van der Waals surface area contributed by atoms with E-state index in [-0.39, 0.29) is 0 Å². The van der Waals surface area contributed by atoms with E-state index in [1.165, 1.54) is 50.2 Å². The third-order valence-electron chi connectivity index (χ3n) is 5.97. The molecule has 4 aliphatic rings. The maximum absolute atomic E-state index is 12.3. The van der Waals surface area contributed by atoms with Crippen LogP contribution in [0.5, 0.6) is 0 Å². The van der Waals surface area contributed by atoms with Crippen molar-refractivity contribution in [2.45, 2.75) is 35.9 Å². The van der Waals surface area contributed by atoms with E-state index in [2.05, 4.69) is 14.5 Å². The minimum Gasteiger partial charge on any atom is -0.303 e. The molecule has 0 amide bonds. The lowest BCUT2D eigenvalue weighted by Crippen LogP contribution is -2.58. The normalized spacial score (nSPS) is 34.0. The molecule has 7 heteroatoms. The van der Waals surface area contributed by atoms with Crippen molar-refractivity contribution >= 4 is 21.4 Å². The number of hydrogen-bond donors (Lipinski definition) is 1. The molecule has 134 valence electrons. The van der Waals surface area contributed by atoms with Crippen LogP contribution >= 0.6 is 11.3 Å². The summed E-state index contributed by atoms with van der Waals surface area (Å²) in [5, 5.41) is 1.81. The van der Waals surface area contributed by atoms with E-state index in [1.54, 1.807) is 12.1 Å². The van der Waals surface area contributed by atoms with Crippen LogP contribution in [-0.2, 0) is 10.0 Å². The number of sulfonamides is 1. The SMILES string of the molecule is O=S(=O)(NC[C@@H]1C[C@H]2CCN1C[C@@H]2CN1CCCC1)c1cccs1. The molecule has 5 rings (SSSR count). The molecule has 1 aromatic rings. The fourth-order valence-corrected chi connectivity index (χ4v) is 6.77. The average molecular weight is 370 g/mol. The van der Waals surface area contributed by atoms with Crippen molar-refractivity contribution in [3.8, 4) is 0 Å². The van der Waals surface area contributed by atoms with Gasteiger partial charge in [0.15, 0.2) is 0 Å². The molecule has 1 unspecified atom stereocenters. The van der Waals surface area contributed by atoms with Gasteiger partial charge in [-0.1, -0.05) is 6.07 Å². The number of nitrogens with zero attached hydrogens (tertiary/aromatic N) is 2. The van der Waals surface area contributed by atoms with Crippen LogP contribution in [0.1, 0.15) is 25.7 Å². The Bertz CT molecular complexity index is 641. The second kappa shape index (κ2) is 7.03. The van der Waals surface area contributed by atoms with Gasteiger partial charge in [0.25, 0.3) is 0 Å². The second-order valence-electron chi connectivity index (χ2n) is 7.48. The molecule has 0 aliphatic carbocycles. The minimum atomic E-state index is -3.33. The van der Waals surface area contributed by atoms with Crippen molar-refractivity contribution in [2.24, 2.45) is 11.8 Å². The van der Waals surface area contributed by atoms with Crippen LogP contribution in [0.15, 0.2) is 21.7 Å². The van der Waals surface area contributed by atoms with Gasteiger partial charge in [-0.05, 0) is 68.6 Å². The Morgan fingerprint density at radius 2 is 2.08 bits per heavy atom. The highest BCUT2D eigenvalue weighted by atomic mass is 32.2. The monoisotopic (exact) mass is 369 g/mol. The molecular formula is C17H27N3O2S2. The van der Waals surface area contributed by atoms with E-state index in [0.717, 1.165) is 31.3 Å². The molecule has 0 aromatic carbocycles. The Morgan fingerprint density at radius 3 is 2.75 bits per heavy atom. The van der Waals surface area contributed by atoms with Crippen LogP contribution in [-0.4, -0.2) is 63.5 Å². The molecule has 4 atom stereocenters. The molecule has 0 radical (unpaired) electrons. The number of thiophene rings is 1. The Kier molecular flexibility index (Phi) is 4.97. The van der Waals surface area contributed by atoms with Gasteiger partial charge in [0, 0.05) is 25.7 Å². The lowest BCUT2D eigenvalue weighted by Gasteiger charge is -2.50. The lowest BCUT2D eigenvalue weighted by molar-refractivity contribution is -0.00770. The molecule has 1 aromatic heterocycles. The molecule has 1 N–H and O–H groups in total. The Balaban J connectivity index is 1.32. The largest absolute Gasteiger partial charge is 0.303 e. The van der Waals surface area contributed by atoms with Crippen LogP contribution < -0.4 is 4.72 Å². The first-order valence-electron chi connectivity index (χ1n) is 9.11. The third-order valence-corrected chi connectivity index (χ3v) is 8.80. The Hall–Kier alpha value is -0.470. The topological polar surface area (TPSA) is 52.7 Å². The van der Waals surface area contributed by atoms with E-state index in [1.807, 2.05) is 5.38 Å². The smallest absolute Gasteiger partial charge is 0.250 e. The summed E-state index contributed by atoms with van der Waals surface area (Å²) in [6.07, 6.45) is 5.14. The number of piperidine rings is 3. The van der Waals surface area contributed by atoms with E-state index < -0.39 is 10.0 Å². The summed E-state index contributed by atoms with van der Waals surface area (Å²) in [6.45, 7) is 6.61. The van der Waals surface area contributed by atoms with Gasteiger partial charge < -0.3 is 4.90 Å². The zero-order chi connectivity index (χ0) is 16.6. The van der Waals surface area contributed by atoms with Gasteiger partial charge in [-0.3, -0.25) is 4.90 Å². The van der Waals surface area contributed by atoms with Crippen molar-refractivity contribution in [3.05, 3.63) is 17.5 Å². The third kappa shape index (κ3) is 3.55. The second-order valence-corrected chi connectivity index (χ2v) is 10.4. The van der Waals surface area contributed by atoms with Gasteiger partial charge in [0.1, 0.15) is 4.21 Å². The van der Waals surface area contributed by atoms with E-state index in [4.69, 9.17) is 0 Å².